The lowest BCUT2D eigenvalue weighted by atomic mass is 10.0. The summed E-state index contributed by atoms with van der Waals surface area (Å²) in [5, 5.41) is 9.21. The van der Waals surface area contributed by atoms with Crippen LogP contribution in [0.15, 0.2) is 147 Å². The Morgan fingerprint density at radius 2 is 1.49 bits per heavy atom. The summed E-state index contributed by atoms with van der Waals surface area (Å²) in [6.07, 6.45) is 5.12. The van der Waals surface area contributed by atoms with E-state index in [-0.39, 0.29) is 12.5 Å². The van der Waals surface area contributed by atoms with Gasteiger partial charge in [-0.1, -0.05) is 84.9 Å². The number of thioether (sulfide) groups is 1. The summed E-state index contributed by atoms with van der Waals surface area (Å²) in [4.78, 5) is 15.6. The molecular weight excluding hydrogens is 530 g/mol. The van der Waals surface area contributed by atoms with Crippen molar-refractivity contribution in [3.63, 3.8) is 0 Å². The number of para-hydroxylation sites is 1. The predicted octanol–water partition coefficient (Wildman–Crippen LogP) is 8.25. The quantitative estimate of drug-likeness (QED) is 0.110. The minimum absolute atomic E-state index is 0.147. The zero-order chi connectivity index (χ0) is 27.9. The van der Waals surface area contributed by atoms with Crippen molar-refractivity contribution in [2.45, 2.75) is 6.54 Å². The predicted molar refractivity (Wildman–Crippen MR) is 165 cm³/mol. The Labute approximate surface area is 242 Å². The van der Waals surface area contributed by atoms with Crippen molar-refractivity contribution in [1.82, 2.24) is 4.90 Å². The van der Waals surface area contributed by atoms with Crippen molar-refractivity contribution in [1.29, 1.82) is 0 Å². The molecule has 0 aliphatic carbocycles. The molecule has 1 aliphatic rings. The minimum Gasteiger partial charge on any atom is -0.467 e. The second-order valence-electron chi connectivity index (χ2n) is 9.18. The van der Waals surface area contributed by atoms with Crippen LogP contribution in [0.1, 0.15) is 16.9 Å². The van der Waals surface area contributed by atoms with Gasteiger partial charge in [0, 0.05) is 0 Å². The molecule has 1 saturated heterocycles. The van der Waals surface area contributed by atoms with E-state index in [1.807, 2.05) is 97.1 Å². The molecule has 2 heterocycles. The first-order valence-electron chi connectivity index (χ1n) is 13.0. The number of benzene rings is 4. The van der Waals surface area contributed by atoms with E-state index in [9.17, 15) is 4.79 Å². The summed E-state index contributed by atoms with van der Waals surface area (Å²) in [5.74, 6) is 1.96. The maximum atomic E-state index is 13.4. The number of furan rings is 1. The van der Waals surface area contributed by atoms with Gasteiger partial charge in [0.15, 0.2) is 5.17 Å². The number of rotatable bonds is 8. The fraction of sp³-hybridized carbons (Fsp3) is 0.0294. The third kappa shape index (κ3) is 6.54. The maximum Gasteiger partial charge on any atom is 0.267 e. The van der Waals surface area contributed by atoms with Crippen LogP contribution in [0.2, 0.25) is 0 Å². The van der Waals surface area contributed by atoms with Crippen LogP contribution in [-0.4, -0.2) is 22.2 Å². The Hall–Kier alpha value is -5.14. The van der Waals surface area contributed by atoms with Gasteiger partial charge in [0.1, 0.15) is 17.3 Å². The molecule has 1 amide bonds. The van der Waals surface area contributed by atoms with Gasteiger partial charge in [-0.15, -0.1) is 5.10 Å². The van der Waals surface area contributed by atoms with Gasteiger partial charge in [0.25, 0.3) is 5.91 Å². The van der Waals surface area contributed by atoms with Gasteiger partial charge in [0.2, 0.25) is 0 Å². The molecule has 0 N–H and O–H groups in total. The average molecular weight is 556 g/mol. The molecule has 1 fully saturated rings. The van der Waals surface area contributed by atoms with E-state index >= 15 is 0 Å². The summed E-state index contributed by atoms with van der Waals surface area (Å²) >= 11 is 1.29. The zero-order valence-electron chi connectivity index (χ0n) is 22.0. The summed E-state index contributed by atoms with van der Waals surface area (Å²) < 4.78 is 11.4. The SMILES string of the molecule is O=C1/C(=C/c2ccc(-c3ccccc3)cc2)S/C(=N/N=C\c2cccc(Oc3ccccc3)c2)N1Cc1ccco1. The number of amides is 1. The standard InChI is InChI=1S/C34H25N3O3S/c38-33-32(22-25-16-18-28(19-17-25)27-10-3-1-4-11-27)41-34(37(33)24-31-15-8-20-39-31)36-35-23-26-9-7-14-30(21-26)40-29-12-5-2-6-13-29/h1-23H,24H2/b32-22-,35-23-,36-34+. The van der Waals surface area contributed by atoms with Gasteiger partial charge in [-0.3, -0.25) is 9.69 Å². The van der Waals surface area contributed by atoms with Crippen LogP contribution in [0, 0.1) is 0 Å². The Balaban J connectivity index is 1.22. The van der Waals surface area contributed by atoms with E-state index in [4.69, 9.17) is 9.15 Å². The lowest BCUT2D eigenvalue weighted by molar-refractivity contribution is -0.122. The molecule has 0 unspecified atom stereocenters. The van der Waals surface area contributed by atoms with E-state index in [2.05, 4.69) is 34.5 Å². The molecule has 6 rings (SSSR count). The van der Waals surface area contributed by atoms with Gasteiger partial charge in [-0.25, -0.2) is 0 Å². The molecule has 0 atom stereocenters. The fourth-order valence-corrected chi connectivity index (χ4v) is 5.20. The zero-order valence-corrected chi connectivity index (χ0v) is 22.8. The molecule has 1 aliphatic heterocycles. The smallest absolute Gasteiger partial charge is 0.267 e. The molecule has 41 heavy (non-hydrogen) atoms. The Kier molecular flexibility index (Phi) is 7.87. The monoisotopic (exact) mass is 555 g/mol. The van der Waals surface area contributed by atoms with Crippen LogP contribution in [-0.2, 0) is 11.3 Å². The highest BCUT2D eigenvalue weighted by atomic mass is 32.2. The molecule has 0 radical (unpaired) electrons. The van der Waals surface area contributed by atoms with Crippen molar-refractivity contribution in [2.75, 3.05) is 0 Å². The van der Waals surface area contributed by atoms with Crippen LogP contribution in [0.25, 0.3) is 17.2 Å². The third-order valence-corrected chi connectivity index (χ3v) is 7.28. The highest BCUT2D eigenvalue weighted by Gasteiger charge is 2.34. The van der Waals surface area contributed by atoms with E-state index in [1.165, 1.54) is 11.8 Å². The summed E-state index contributed by atoms with van der Waals surface area (Å²) in [5.41, 5.74) is 4.02. The molecule has 6 nitrogen and oxygen atoms in total. The van der Waals surface area contributed by atoms with Gasteiger partial charge >= 0.3 is 0 Å². The average Bonchev–Trinajstić information content (AvgIpc) is 3.63. The number of ether oxygens (including phenoxy) is 1. The first-order valence-corrected chi connectivity index (χ1v) is 13.9. The van der Waals surface area contributed by atoms with E-state index in [0.29, 0.717) is 21.6 Å². The van der Waals surface area contributed by atoms with Crippen LogP contribution in [0.3, 0.4) is 0 Å². The summed E-state index contributed by atoms with van der Waals surface area (Å²) in [7, 11) is 0. The summed E-state index contributed by atoms with van der Waals surface area (Å²) in [6.45, 7) is 0.262. The second-order valence-corrected chi connectivity index (χ2v) is 10.2. The van der Waals surface area contributed by atoms with Gasteiger partial charge in [-0.2, -0.15) is 5.10 Å². The number of amidine groups is 1. The lowest BCUT2D eigenvalue weighted by Gasteiger charge is -2.12. The first kappa shape index (κ1) is 26.1. The molecule has 200 valence electrons. The van der Waals surface area contributed by atoms with Crippen LogP contribution in [0.5, 0.6) is 11.5 Å². The minimum atomic E-state index is -0.147. The number of nitrogens with zero attached hydrogens (tertiary/aromatic N) is 3. The number of carbonyl (C=O) groups is 1. The van der Waals surface area contributed by atoms with Crippen molar-refractivity contribution in [3.8, 4) is 22.6 Å². The molecule has 1 aromatic heterocycles. The third-order valence-electron chi connectivity index (χ3n) is 6.28. The maximum absolute atomic E-state index is 13.4. The van der Waals surface area contributed by atoms with Gasteiger partial charge < -0.3 is 9.15 Å². The topological polar surface area (TPSA) is 67.4 Å². The van der Waals surface area contributed by atoms with E-state index < -0.39 is 0 Å². The normalized spacial score (nSPS) is 15.3. The first-order chi connectivity index (χ1) is 20.2. The molecule has 7 heteroatoms. The van der Waals surface area contributed by atoms with Crippen molar-refractivity contribution >= 4 is 35.1 Å². The Morgan fingerprint density at radius 3 is 2.24 bits per heavy atom. The Morgan fingerprint density at radius 1 is 0.756 bits per heavy atom. The molecule has 5 aromatic rings. The molecule has 0 bridgehead atoms. The van der Waals surface area contributed by atoms with Crippen molar-refractivity contribution in [3.05, 3.63) is 149 Å². The van der Waals surface area contributed by atoms with Crippen LogP contribution < -0.4 is 4.74 Å². The largest absolute Gasteiger partial charge is 0.467 e. The van der Waals surface area contributed by atoms with Gasteiger partial charge in [0.05, 0.1) is 23.9 Å². The highest BCUT2D eigenvalue weighted by Crippen LogP contribution is 2.34. The van der Waals surface area contributed by atoms with Gasteiger partial charge in [-0.05, 0) is 76.5 Å². The molecule has 0 spiro atoms. The van der Waals surface area contributed by atoms with Crippen LogP contribution >= 0.6 is 11.8 Å². The Bertz CT molecular complexity index is 1710. The fourth-order valence-electron chi connectivity index (χ4n) is 4.26. The van der Waals surface area contributed by atoms with E-state index in [0.717, 1.165) is 28.0 Å². The summed E-state index contributed by atoms with van der Waals surface area (Å²) in [6, 6.07) is 39.1. The molecule has 0 saturated carbocycles. The van der Waals surface area contributed by atoms with Crippen molar-refractivity contribution < 1.29 is 13.9 Å². The second kappa shape index (κ2) is 12.4. The lowest BCUT2D eigenvalue weighted by Crippen LogP contribution is -2.28. The van der Waals surface area contributed by atoms with Crippen LogP contribution in [0.4, 0.5) is 0 Å². The highest BCUT2D eigenvalue weighted by molar-refractivity contribution is 8.18. The number of hydrogen-bond donors (Lipinski definition) is 0. The number of hydrogen-bond acceptors (Lipinski definition) is 6. The number of carbonyl (C=O) groups excluding carboxylic acids is 1. The van der Waals surface area contributed by atoms with Crippen molar-refractivity contribution in [2.24, 2.45) is 10.2 Å². The molecular formula is C34H25N3O3S. The van der Waals surface area contributed by atoms with E-state index in [1.54, 1.807) is 23.4 Å². The molecule has 4 aromatic carbocycles.